The first kappa shape index (κ1) is 31.1. The van der Waals surface area contributed by atoms with Crippen LogP contribution in [0.1, 0.15) is 46.7 Å². The predicted octanol–water partition coefficient (Wildman–Crippen LogP) is 8.23. The molecular weight excluding hydrogens is 622 g/mol. The summed E-state index contributed by atoms with van der Waals surface area (Å²) in [4.78, 5) is 29.2. The number of hydrogen-bond donors (Lipinski definition) is 0. The highest BCUT2D eigenvalue weighted by atomic mass is 16.6. The van der Waals surface area contributed by atoms with Crippen molar-refractivity contribution in [1.29, 1.82) is 0 Å². The van der Waals surface area contributed by atoms with Gasteiger partial charge in [0.1, 0.15) is 5.69 Å². The van der Waals surface area contributed by atoms with E-state index in [4.69, 9.17) is 5.10 Å². The maximum Gasteiger partial charge on any atom is 0.269 e. The lowest BCUT2D eigenvalue weighted by molar-refractivity contribution is -0.384. The summed E-state index contributed by atoms with van der Waals surface area (Å²) in [5, 5.41) is 21.0. The van der Waals surface area contributed by atoms with Gasteiger partial charge in [-0.3, -0.25) is 14.9 Å². The van der Waals surface area contributed by atoms with Gasteiger partial charge in [0.2, 0.25) is 0 Å². The van der Waals surface area contributed by atoms with Crippen molar-refractivity contribution < 1.29 is 9.72 Å². The van der Waals surface area contributed by atoms with Gasteiger partial charge in [-0.05, 0) is 58.4 Å². The zero-order chi connectivity index (χ0) is 34.1. The average Bonchev–Trinajstić information content (AvgIpc) is 3.91. The van der Waals surface area contributed by atoms with Gasteiger partial charge >= 0.3 is 0 Å². The molecule has 0 bridgehead atoms. The summed E-state index contributed by atoms with van der Waals surface area (Å²) in [6.45, 7) is 1.64. The van der Waals surface area contributed by atoms with Gasteiger partial charge in [-0.15, -0.1) is 5.10 Å². The smallest absolute Gasteiger partial charge is 0.269 e. The zero-order valence-corrected chi connectivity index (χ0v) is 27.4. The van der Waals surface area contributed by atoms with Crippen LogP contribution in [-0.2, 0) is 16.6 Å². The second-order valence-electron chi connectivity index (χ2n) is 12.9. The van der Waals surface area contributed by atoms with Crippen LogP contribution in [0.15, 0.2) is 146 Å². The topological polar surface area (TPSA) is 94.2 Å². The van der Waals surface area contributed by atoms with Gasteiger partial charge in [0.25, 0.3) is 5.69 Å². The number of nitrogens with zero attached hydrogens (tertiary/aromatic N) is 5. The number of carbonyl (C=O) groups is 1. The molecule has 2 heterocycles. The van der Waals surface area contributed by atoms with Gasteiger partial charge in [-0.25, -0.2) is 0 Å². The van der Waals surface area contributed by atoms with Gasteiger partial charge in [0.05, 0.1) is 21.9 Å². The lowest BCUT2D eigenvalue weighted by Gasteiger charge is -2.33. The molecule has 1 aliphatic carbocycles. The molecule has 6 aromatic rings. The molecule has 1 fully saturated rings. The molecule has 5 aromatic carbocycles. The van der Waals surface area contributed by atoms with E-state index in [0.717, 1.165) is 65.1 Å². The van der Waals surface area contributed by atoms with Crippen molar-refractivity contribution in [3.05, 3.63) is 184 Å². The first-order chi connectivity index (χ1) is 24.6. The average molecular weight is 658 g/mol. The maximum absolute atomic E-state index is 15.8. The van der Waals surface area contributed by atoms with Crippen molar-refractivity contribution in [2.75, 3.05) is 18.0 Å². The van der Waals surface area contributed by atoms with E-state index in [2.05, 4.69) is 58.6 Å². The number of Topliss-reactive ketones (excluding diaryl/α,β-unsaturated/α-hetero) is 1. The van der Waals surface area contributed by atoms with Gasteiger partial charge in [0.15, 0.2) is 11.6 Å². The molecular formula is C42H35N5O3. The summed E-state index contributed by atoms with van der Waals surface area (Å²) in [6, 6.07) is 47.1. The molecule has 0 spiro atoms. The maximum atomic E-state index is 15.8. The van der Waals surface area contributed by atoms with Crippen LogP contribution in [0.5, 0.6) is 0 Å². The number of nitro benzene ring substituents is 1. The molecule has 50 heavy (non-hydrogen) atoms. The van der Waals surface area contributed by atoms with Crippen molar-refractivity contribution in [2.24, 2.45) is 0 Å². The van der Waals surface area contributed by atoms with E-state index >= 15 is 4.79 Å². The number of carbonyl (C=O) groups excluding carboxylic acids is 1. The second kappa shape index (κ2) is 13.0. The molecule has 246 valence electrons. The number of nitro groups is 1. The Balaban J connectivity index is 1.41. The molecule has 8 rings (SSSR count). The number of aromatic nitrogens is 3. The monoisotopic (exact) mass is 657 g/mol. The number of benzene rings is 5. The van der Waals surface area contributed by atoms with Gasteiger partial charge < -0.3 is 4.90 Å². The molecule has 8 nitrogen and oxygen atoms in total. The van der Waals surface area contributed by atoms with E-state index in [-0.39, 0.29) is 17.9 Å². The summed E-state index contributed by atoms with van der Waals surface area (Å²) in [7, 11) is 0. The summed E-state index contributed by atoms with van der Waals surface area (Å²) >= 11 is 0. The zero-order valence-electron chi connectivity index (χ0n) is 27.4. The van der Waals surface area contributed by atoms with E-state index in [1.165, 1.54) is 12.1 Å². The molecule has 0 radical (unpaired) electrons. The van der Waals surface area contributed by atoms with E-state index in [1.54, 1.807) is 16.8 Å². The first-order valence-corrected chi connectivity index (χ1v) is 17.0. The van der Waals surface area contributed by atoms with Gasteiger partial charge in [-0.2, -0.15) is 4.68 Å². The summed E-state index contributed by atoms with van der Waals surface area (Å²) in [5.74, 6) is 0.370. The Morgan fingerprint density at radius 1 is 0.720 bits per heavy atom. The fraction of sp³-hybridized carbons (Fsp3) is 0.167. The van der Waals surface area contributed by atoms with Crippen molar-refractivity contribution in [1.82, 2.24) is 15.0 Å². The van der Waals surface area contributed by atoms with E-state index < -0.39 is 16.3 Å². The van der Waals surface area contributed by atoms with Crippen LogP contribution >= 0.6 is 0 Å². The number of hydrogen-bond acceptors (Lipinski definition) is 6. The van der Waals surface area contributed by atoms with Crippen LogP contribution in [-0.4, -0.2) is 38.8 Å². The molecule has 2 atom stereocenters. The fourth-order valence-corrected chi connectivity index (χ4v) is 7.87. The van der Waals surface area contributed by atoms with E-state index in [0.29, 0.717) is 11.4 Å². The minimum atomic E-state index is -1.13. The Morgan fingerprint density at radius 2 is 1.28 bits per heavy atom. The molecule has 1 aromatic heterocycles. The number of ketones is 1. The molecule has 0 saturated carbocycles. The van der Waals surface area contributed by atoms with Crippen LogP contribution in [0, 0.1) is 10.1 Å². The quantitative estimate of drug-likeness (QED) is 0.115. The van der Waals surface area contributed by atoms with Gasteiger partial charge in [-0.1, -0.05) is 127 Å². The second-order valence-corrected chi connectivity index (χ2v) is 12.9. The Kier molecular flexibility index (Phi) is 8.12. The first-order valence-electron chi connectivity index (χ1n) is 17.0. The third kappa shape index (κ3) is 5.29. The van der Waals surface area contributed by atoms with Crippen LogP contribution in [0.4, 0.5) is 11.5 Å². The Bertz CT molecular complexity index is 2180. The number of anilines is 1. The molecule has 1 aliphatic heterocycles. The summed E-state index contributed by atoms with van der Waals surface area (Å²) in [5.41, 5.74) is 6.03. The summed E-state index contributed by atoms with van der Waals surface area (Å²) in [6.07, 6.45) is 2.33. The van der Waals surface area contributed by atoms with Crippen molar-refractivity contribution >= 4 is 28.4 Å². The van der Waals surface area contributed by atoms with Crippen LogP contribution < -0.4 is 4.90 Å². The van der Waals surface area contributed by atoms with E-state index in [9.17, 15) is 10.1 Å². The van der Waals surface area contributed by atoms with Crippen LogP contribution in [0.25, 0.3) is 16.8 Å². The van der Waals surface area contributed by atoms with Crippen LogP contribution in [0.3, 0.4) is 0 Å². The normalized spacial score (nSPS) is 18.9. The highest BCUT2D eigenvalue weighted by Gasteiger charge is 2.56. The Labute approximate surface area is 290 Å². The summed E-state index contributed by atoms with van der Waals surface area (Å²) < 4.78 is 1.78. The Hall–Kier alpha value is -6.15. The van der Waals surface area contributed by atoms with Crippen molar-refractivity contribution in [3.8, 4) is 5.69 Å². The third-order valence-corrected chi connectivity index (χ3v) is 10.1. The van der Waals surface area contributed by atoms with Gasteiger partial charge in [0, 0.05) is 31.6 Å². The minimum absolute atomic E-state index is 0.00873. The standard InChI is InChI=1S/C42H35N5O3/c48-40-38(31-17-7-2-8-18-31)37(30-15-5-1-6-16-30)39(32-19-9-3-10-20-32)42(40,33-21-11-4-12-22-33)29-36-41(45-27-13-14-28-45)46(44-43-36)34-23-25-35(26-24-34)47(49)50/h1-12,15-26,38H,13-14,27-29H2/t38-,42+/m1/s1. The molecule has 2 aliphatic rings. The predicted molar refractivity (Wildman–Crippen MR) is 195 cm³/mol. The minimum Gasteiger partial charge on any atom is -0.355 e. The lowest BCUT2D eigenvalue weighted by atomic mass is 9.67. The number of rotatable bonds is 9. The molecule has 1 saturated heterocycles. The van der Waals surface area contributed by atoms with Crippen molar-refractivity contribution in [2.45, 2.75) is 30.6 Å². The van der Waals surface area contributed by atoms with Crippen LogP contribution in [0.2, 0.25) is 0 Å². The SMILES string of the molecule is O=C1[C@H](c2ccccc2)C(c2ccccc2)=C(c2ccccc2)[C@]1(Cc1nnn(-c2ccc([N+](=O)[O-])cc2)c1N1CCCC1)c1ccccc1. The highest BCUT2D eigenvalue weighted by molar-refractivity contribution is 6.24. The fourth-order valence-electron chi connectivity index (χ4n) is 7.87. The number of non-ortho nitro benzene ring substituents is 1. The van der Waals surface area contributed by atoms with Crippen molar-refractivity contribution in [3.63, 3.8) is 0 Å². The third-order valence-electron chi connectivity index (χ3n) is 10.1. The highest BCUT2D eigenvalue weighted by Crippen LogP contribution is 2.58. The largest absolute Gasteiger partial charge is 0.355 e. The Morgan fingerprint density at radius 3 is 1.88 bits per heavy atom. The molecule has 0 N–H and O–H groups in total. The molecule has 0 unspecified atom stereocenters. The lowest BCUT2D eigenvalue weighted by Crippen LogP contribution is -2.39. The van der Waals surface area contributed by atoms with E-state index in [1.807, 2.05) is 72.8 Å². The number of allylic oxidation sites excluding steroid dienone is 2. The molecule has 0 amide bonds. The molecule has 8 heteroatoms.